The van der Waals surface area contributed by atoms with Crippen LogP contribution in [0.15, 0.2) is 40.6 Å². The summed E-state index contributed by atoms with van der Waals surface area (Å²) in [6, 6.07) is 8.98. The van der Waals surface area contributed by atoms with Gasteiger partial charge >= 0.3 is 5.97 Å². The Hall–Kier alpha value is -4.86. The number of hydrogen-bond donors (Lipinski definition) is 1. The van der Waals surface area contributed by atoms with Crippen molar-refractivity contribution in [1.82, 2.24) is 19.5 Å². The summed E-state index contributed by atoms with van der Waals surface area (Å²) < 4.78 is 8.24. The molecule has 0 bridgehead atoms. The number of thiophene rings is 1. The highest BCUT2D eigenvalue weighted by Crippen LogP contribution is 2.40. The molecular weight excluding hydrogens is 580 g/mol. The topological polar surface area (TPSA) is 151 Å². The SMILES string of the molecule is CC(=O)N(C)c1ncc2nc(C)n(CCOc3ccc(Cl)cc3-c3cc(C)nc4c(C(=O)O)csc34)c(=O)c2c1C#N. The molecule has 0 atom stereocenters. The van der Waals surface area contributed by atoms with E-state index in [0.717, 1.165) is 5.56 Å². The molecule has 11 nitrogen and oxygen atoms in total. The van der Waals surface area contributed by atoms with Crippen molar-refractivity contribution in [3.05, 3.63) is 73.9 Å². The second kappa shape index (κ2) is 11.2. The molecule has 1 N–H and O–H groups in total. The smallest absolute Gasteiger partial charge is 0.338 e. The molecule has 4 aromatic heterocycles. The van der Waals surface area contributed by atoms with Crippen molar-refractivity contribution in [3.63, 3.8) is 0 Å². The van der Waals surface area contributed by atoms with Crippen LogP contribution in [0.1, 0.15) is 34.4 Å². The number of pyridine rings is 2. The number of ether oxygens (including phenoxy) is 1. The molecule has 1 amide bonds. The number of carbonyl (C=O) groups is 2. The molecule has 0 aliphatic carbocycles. The Morgan fingerprint density at radius 3 is 2.67 bits per heavy atom. The molecular formula is C29H23ClN6O5S. The van der Waals surface area contributed by atoms with Gasteiger partial charge in [-0.05, 0) is 38.1 Å². The maximum absolute atomic E-state index is 13.6. The molecule has 0 saturated carbocycles. The van der Waals surface area contributed by atoms with Crippen LogP contribution in [0.3, 0.4) is 0 Å². The third kappa shape index (κ3) is 5.04. The van der Waals surface area contributed by atoms with Gasteiger partial charge in [0.05, 0.1) is 39.4 Å². The molecule has 0 unspecified atom stereocenters. The lowest BCUT2D eigenvalue weighted by atomic mass is 10.0. The summed E-state index contributed by atoms with van der Waals surface area (Å²) in [5, 5.41) is 21.6. The number of nitrogens with zero attached hydrogens (tertiary/aromatic N) is 6. The van der Waals surface area contributed by atoms with Gasteiger partial charge in [-0.1, -0.05) is 11.6 Å². The van der Waals surface area contributed by atoms with E-state index >= 15 is 0 Å². The van der Waals surface area contributed by atoms with Crippen LogP contribution in [-0.2, 0) is 11.3 Å². The average Bonchev–Trinajstić information content (AvgIpc) is 3.38. The van der Waals surface area contributed by atoms with Crippen LogP contribution in [0.5, 0.6) is 5.75 Å². The van der Waals surface area contributed by atoms with Crippen LogP contribution in [0.2, 0.25) is 5.02 Å². The fourth-order valence-corrected chi connectivity index (χ4v) is 5.84. The quantitative estimate of drug-likeness (QED) is 0.272. The predicted molar refractivity (Wildman–Crippen MR) is 160 cm³/mol. The van der Waals surface area contributed by atoms with Crippen molar-refractivity contribution in [2.24, 2.45) is 0 Å². The maximum atomic E-state index is 13.6. The van der Waals surface area contributed by atoms with Gasteiger partial charge in [0.25, 0.3) is 5.56 Å². The van der Waals surface area contributed by atoms with Gasteiger partial charge in [0.15, 0.2) is 5.82 Å². The molecule has 0 radical (unpaired) electrons. The van der Waals surface area contributed by atoms with Crippen molar-refractivity contribution in [1.29, 1.82) is 5.26 Å². The number of benzene rings is 1. The van der Waals surface area contributed by atoms with E-state index in [1.165, 1.54) is 41.0 Å². The Labute approximate surface area is 248 Å². The largest absolute Gasteiger partial charge is 0.491 e. The predicted octanol–water partition coefficient (Wildman–Crippen LogP) is 4.97. The Bertz CT molecular complexity index is 2030. The molecule has 42 heavy (non-hydrogen) atoms. The molecule has 4 heterocycles. The molecule has 212 valence electrons. The summed E-state index contributed by atoms with van der Waals surface area (Å²) in [5.41, 5.74) is 2.26. The van der Waals surface area contributed by atoms with Gasteiger partial charge in [0.1, 0.15) is 29.8 Å². The molecule has 1 aromatic carbocycles. The molecule has 0 saturated heterocycles. The zero-order valence-corrected chi connectivity index (χ0v) is 24.5. The third-order valence-electron chi connectivity index (χ3n) is 6.76. The first kappa shape index (κ1) is 28.7. The molecule has 0 aliphatic heterocycles. The van der Waals surface area contributed by atoms with Crippen molar-refractivity contribution < 1.29 is 19.4 Å². The van der Waals surface area contributed by atoms with Crippen molar-refractivity contribution in [3.8, 4) is 22.9 Å². The van der Waals surface area contributed by atoms with Crippen molar-refractivity contribution >= 4 is 61.8 Å². The van der Waals surface area contributed by atoms with Gasteiger partial charge in [0, 0.05) is 41.2 Å². The van der Waals surface area contributed by atoms with Gasteiger partial charge in [0.2, 0.25) is 5.91 Å². The molecule has 0 aliphatic rings. The summed E-state index contributed by atoms with van der Waals surface area (Å²) in [6.07, 6.45) is 1.37. The number of carbonyl (C=O) groups excluding carboxylic acids is 1. The van der Waals surface area contributed by atoms with Crippen LogP contribution in [0.25, 0.3) is 32.2 Å². The molecule has 5 aromatic rings. The number of aromatic nitrogens is 4. The Kier molecular flexibility index (Phi) is 7.64. The number of rotatable bonds is 7. The van der Waals surface area contributed by atoms with Crippen LogP contribution in [0.4, 0.5) is 5.82 Å². The summed E-state index contributed by atoms with van der Waals surface area (Å²) in [5.74, 6) is -0.449. The normalized spacial score (nSPS) is 11.0. The zero-order valence-electron chi connectivity index (χ0n) is 22.9. The maximum Gasteiger partial charge on any atom is 0.338 e. The highest BCUT2D eigenvalue weighted by atomic mass is 35.5. The summed E-state index contributed by atoms with van der Waals surface area (Å²) in [6.45, 7) is 4.96. The van der Waals surface area contributed by atoms with Gasteiger partial charge in [-0.15, -0.1) is 11.3 Å². The second-order valence-electron chi connectivity index (χ2n) is 9.46. The number of fused-ring (bicyclic) bond motifs is 2. The zero-order chi connectivity index (χ0) is 30.3. The molecule has 13 heteroatoms. The number of carboxylic acid groups (broad SMARTS) is 1. The minimum atomic E-state index is -1.06. The first-order valence-electron chi connectivity index (χ1n) is 12.6. The standard InChI is InChI=1S/C29H23ClN6O5S/c1-14-9-19(26-25(33-14)21(13-42-26)29(39)40)18-10-17(30)5-6-23(18)41-8-7-36-15(2)34-22-12-32-27(35(4)16(3)37)20(11-31)24(22)28(36)38/h5-6,9-10,12-13H,7-8H2,1-4H3,(H,39,40). The number of carboxylic acids is 1. The van der Waals surface area contributed by atoms with Crippen LogP contribution in [0, 0.1) is 25.2 Å². The van der Waals surface area contributed by atoms with Gasteiger partial charge in [-0.2, -0.15) is 5.26 Å². The monoisotopic (exact) mass is 602 g/mol. The van der Waals surface area contributed by atoms with Crippen LogP contribution < -0.4 is 15.2 Å². The third-order valence-corrected chi connectivity index (χ3v) is 8.00. The number of hydrogen-bond acceptors (Lipinski definition) is 9. The first-order valence-corrected chi connectivity index (χ1v) is 13.9. The highest BCUT2D eigenvalue weighted by molar-refractivity contribution is 7.18. The molecule has 0 fully saturated rings. The van der Waals surface area contributed by atoms with E-state index in [-0.39, 0.29) is 46.9 Å². The van der Waals surface area contributed by atoms with E-state index in [1.807, 2.05) is 12.1 Å². The minimum absolute atomic E-state index is 0.0360. The van der Waals surface area contributed by atoms with E-state index in [1.54, 1.807) is 37.4 Å². The van der Waals surface area contributed by atoms with Crippen LogP contribution >= 0.6 is 22.9 Å². The van der Waals surface area contributed by atoms with Crippen molar-refractivity contribution in [2.45, 2.75) is 27.3 Å². The molecule has 5 rings (SSSR count). The first-order chi connectivity index (χ1) is 20.0. The fraction of sp³-hybridized carbons (Fsp3) is 0.207. The Morgan fingerprint density at radius 2 is 1.98 bits per heavy atom. The number of aromatic carboxylic acids is 1. The lowest BCUT2D eigenvalue weighted by Gasteiger charge is -2.18. The van der Waals surface area contributed by atoms with Gasteiger partial charge in [-0.25, -0.2) is 14.8 Å². The molecule has 0 spiro atoms. The number of amides is 1. The summed E-state index contributed by atoms with van der Waals surface area (Å²) in [4.78, 5) is 51.6. The Balaban J connectivity index is 1.52. The summed E-state index contributed by atoms with van der Waals surface area (Å²) >= 11 is 7.62. The van der Waals surface area contributed by atoms with Gasteiger partial charge < -0.3 is 9.84 Å². The number of anilines is 1. The number of halogens is 1. The lowest BCUT2D eigenvalue weighted by Crippen LogP contribution is -2.29. The lowest BCUT2D eigenvalue weighted by molar-refractivity contribution is -0.116. The number of nitriles is 1. The number of aryl methyl sites for hydroxylation is 2. The summed E-state index contributed by atoms with van der Waals surface area (Å²) in [7, 11) is 1.48. The van der Waals surface area contributed by atoms with E-state index < -0.39 is 11.5 Å². The minimum Gasteiger partial charge on any atom is -0.491 e. The van der Waals surface area contributed by atoms with Crippen molar-refractivity contribution in [2.75, 3.05) is 18.6 Å². The van der Waals surface area contributed by atoms with E-state index in [4.69, 9.17) is 16.3 Å². The van der Waals surface area contributed by atoms with Gasteiger partial charge in [-0.3, -0.25) is 24.0 Å². The van der Waals surface area contributed by atoms with E-state index in [2.05, 4.69) is 15.0 Å². The second-order valence-corrected chi connectivity index (χ2v) is 10.8. The van der Waals surface area contributed by atoms with Crippen LogP contribution in [-0.4, -0.2) is 50.2 Å². The fourth-order valence-electron chi connectivity index (χ4n) is 4.66. The van der Waals surface area contributed by atoms with E-state index in [9.17, 15) is 24.8 Å². The highest BCUT2D eigenvalue weighted by Gasteiger charge is 2.22. The average molecular weight is 603 g/mol. The van der Waals surface area contributed by atoms with E-state index in [0.29, 0.717) is 38.1 Å². The Morgan fingerprint density at radius 1 is 1.21 bits per heavy atom.